The number of carboxylic acids is 1. The highest BCUT2D eigenvalue weighted by molar-refractivity contribution is 7.86. The van der Waals surface area contributed by atoms with Gasteiger partial charge in [-0.25, -0.2) is 0 Å². The molecule has 1 rings (SSSR count). The Labute approximate surface area is 113 Å². The molecular formula is C11H19N3O4S. The highest BCUT2D eigenvalue weighted by Gasteiger charge is 2.46. The van der Waals surface area contributed by atoms with E-state index >= 15 is 0 Å². The summed E-state index contributed by atoms with van der Waals surface area (Å²) in [4.78, 5) is 11.1. The highest BCUT2D eigenvalue weighted by atomic mass is 32.2. The molecule has 1 aliphatic rings. The van der Waals surface area contributed by atoms with Crippen molar-refractivity contribution in [2.75, 3.05) is 20.1 Å². The Kier molecular flexibility index (Phi) is 4.55. The van der Waals surface area contributed by atoms with Crippen LogP contribution in [0.25, 0.3) is 0 Å². The first-order valence-corrected chi connectivity index (χ1v) is 7.38. The van der Waals surface area contributed by atoms with Crippen molar-refractivity contribution in [3.63, 3.8) is 0 Å². The number of carboxylic acid groups (broad SMARTS) is 1. The maximum absolute atomic E-state index is 12.3. The van der Waals surface area contributed by atoms with Crippen molar-refractivity contribution >= 4 is 16.2 Å². The van der Waals surface area contributed by atoms with E-state index < -0.39 is 27.6 Å². The Morgan fingerprint density at radius 1 is 1.63 bits per heavy atom. The molecule has 0 bridgehead atoms. The molecule has 2 atom stereocenters. The standard InChI is InChI=1S/C11H19N3O4S/c1-9(4-6-12)13(3)19(17,18)14-7-5-11(2,8-14)10(15)16/h9H,4-5,7-8H2,1-3H3,(H,15,16). The minimum atomic E-state index is -3.71. The molecule has 7 nitrogen and oxygen atoms in total. The van der Waals surface area contributed by atoms with E-state index in [1.807, 2.05) is 6.07 Å². The zero-order chi connectivity index (χ0) is 14.8. The van der Waals surface area contributed by atoms with Gasteiger partial charge in [-0.2, -0.15) is 22.3 Å². The zero-order valence-corrected chi connectivity index (χ0v) is 12.1. The van der Waals surface area contributed by atoms with Gasteiger partial charge in [0.25, 0.3) is 10.2 Å². The van der Waals surface area contributed by atoms with Gasteiger partial charge in [0.15, 0.2) is 0 Å². The van der Waals surface area contributed by atoms with Gasteiger partial charge in [-0.15, -0.1) is 0 Å². The smallest absolute Gasteiger partial charge is 0.310 e. The molecule has 1 heterocycles. The first-order chi connectivity index (χ1) is 8.65. The summed E-state index contributed by atoms with van der Waals surface area (Å²) in [5.74, 6) is -0.988. The van der Waals surface area contributed by atoms with E-state index in [2.05, 4.69) is 0 Å². The van der Waals surface area contributed by atoms with Crippen LogP contribution in [0.4, 0.5) is 0 Å². The second-order valence-corrected chi connectivity index (χ2v) is 7.17. The molecule has 1 N–H and O–H groups in total. The van der Waals surface area contributed by atoms with Gasteiger partial charge in [0.1, 0.15) is 0 Å². The topological polar surface area (TPSA) is 102 Å². The molecule has 108 valence electrons. The van der Waals surface area contributed by atoms with Crippen molar-refractivity contribution in [3.05, 3.63) is 0 Å². The lowest BCUT2D eigenvalue weighted by Crippen LogP contribution is -2.45. The summed E-state index contributed by atoms with van der Waals surface area (Å²) in [5, 5.41) is 17.7. The monoisotopic (exact) mass is 289 g/mol. The van der Waals surface area contributed by atoms with Gasteiger partial charge in [0, 0.05) is 26.2 Å². The van der Waals surface area contributed by atoms with E-state index in [1.54, 1.807) is 13.8 Å². The van der Waals surface area contributed by atoms with Crippen LogP contribution < -0.4 is 0 Å². The molecule has 8 heteroatoms. The van der Waals surface area contributed by atoms with Crippen LogP contribution in [0, 0.1) is 16.7 Å². The normalized spacial score (nSPS) is 26.3. The van der Waals surface area contributed by atoms with Crippen LogP contribution in [0.3, 0.4) is 0 Å². The van der Waals surface area contributed by atoms with Crippen molar-refractivity contribution < 1.29 is 18.3 Å². The van der Waals surface area contributed by atoms with Gasteiger partial charge in [0.2, 0.25) is 0 Å². The minimum Gasteiger partial charge on any atom is -0.481 e. The summed E-state index contributed by atoms with van der Waals surface area (Å²) in [6.45, 7) is 3.35. The number of nitrogens with zero attached hydrogens (tertiary/aromatic N) is 3. The van der Waals surface area contributed by atoms with Crippen LogP contribution in [0.5, 0.6) is 0 Å². The summed E-state index contributed by atoms with van der Waals surface area (Å²) >= 11 is 0. The predicted molar refractivity (Wildman–Crippen MR) is 68.3 cm³/mol. The average Bonchev–Trinajstić information content (AvgIpc) is 2.73. The number of aliphatic carboxylic acids is 1. The second-order valence-electron chi connectivity index (χ2n) is 5.18. The van der Waals surface area contributed by atoms with Gasteiger partial charge in [0.05, 0.1) is 17.9 Å². The Morgan fingerprint density at radius 3 is 2.63 bits per heavy atom. The maximum Gasteiger partial charge on any atom is 0.310 e. The lowest BCUT2D eigenvalue weighted by molar-refractivity contribution is -0.146. The molecule has 1 aliphatic heterocycles. The highest BCUT2D eigenvalue weighted by Crippen LogP contribution is 2.32. The molecule has 2 unspecified atom stereocenters. The molecule has 1 saturated heterocycles. The SMILES string of the molecule is CC(CC#N)N(C)S(=O)(=O)N1CCC(C)(C(=O)O)C1. The Hall–Kier alpha value is -1.17. The van der Waals surface area contributed by atoms with E-state index in [9.17, 15) is 13.2 Å². The first-order valence-electron chi connectivity index (χ1n) is 5.98. The van der Waals surface area contributed by atoms with Crippen LogP contribution in [-0.4, -0.2) is 54.3 Å². The van der Waals surface area contributed by atoms with Gasteiger partial charge >= 0.3 is 5.97 Å². The maximum atomic E-state index is 12.3. The van der Waals surface area contributed by atoms with E-state index in [1.165, 1.54) is 11.4 Å². The van der Waals surface area contributed by atoms with E-state index in [-0.39, 0.29) is 19.5 Å². The van der Waals surface area contributed by atoms with E-state index in [0.717, 1.165) is 4.31 Å². The molecule has 1 fully saturated rings. The summed E-state index contributed by atoms with van der Waals surface area (Å²) in [6, 6.07) is 1.49. The van der Waals surface area contributed by atoms with Gasteiger partial charge in [-0.3, -0.25) is 4.79 Å². The molecule has 0 aromatic heterocycles. The van der Waals surface area contributed by atoms with Crippen LogP contribution in [0.1, 0.15) is 26.7 Å². The third-order valence-corrected chi connectivity index (χ3v) is 5.70. The summed E-state index contributed by atoms with van der Waals surface area (Å²) in [7, 11) is -2.30. The number of hydrogen-bond donors (Lipinski definition) is 1. The molecule has 19 heavy (non-hydrogen) atoms. The largest absolute Gasteiger partial charge is 0.481 e. The molecule has 0 aromatic carbocycles. The Morgan fingerprint density at radius 2 is 2.21 bits per heavy atom. The second kappa shape index (κ2) is 5.45. The third-order valence-electron chi connectivity index (χ3n) is 3.65. The molecule has 0 aliphatic carbocycles. The lowest BCUT2D eigenvalue weighted by Gasteiger charge is -2.28. The Bertz CT molecular complexity index is 499. The first kappa shape index (κ1) is 15.9. The molecule has 0 saturated carbocycles. The number of nitriles is 1. The van der Waals surface area contributed by atoms with E-state index in [4.69, 9.17) is 10.4 Å². The van der Waals surface area contributed by atoms with Crippen molar-refractivity contribution in [1.29, 1.82) is 5.26 Å². The fourth-order valence-corrected chi connectivity index (χ4v) is 3.62. The number of hydrogen-bond acceptors (Lipinski definition) is 4. The number of carbonyl (C=O) groups is 1. The van der Waals surface area contributed by atoms with Gasteiger partial charge in [-0.1, -0.05) is 0 Å². The van der Waals surface area contributed by atoms with Crippen molar-refractivity contribution in [1.82, 2.24) is 8.61 Å². The minimum absolute atomic E-state index is 0.0335. The van der Waals surface area contributed by atoms with Crippen molar-refractivity contribution in [2.45, 2.75) is 32.7 Å². The molecule has 0 radical (unpaired) electrons. The fraction of sp³-hybridized carbons (Fsp3) is 0.818. The molecule has 0 amide bonds. The zero-order valence-electron chi connectivity index (χ0n) is 11.3. The summed E-state index contributed by atoms with van der Waals surface area (Å²) < 4.78 is 26.9. The van der Waals surface area contributed by atoms with Crippen molar-refractivity contribution in [2.24, 2.45) is 5.41 Å². The van der Waals surface area contributed by atoms with Crippen LogP contribution in [-0.2, 0) is 15.0 Å². The third kappa shape index (κ3) is 3.05. The predicted octanol–water partition coefficient (Wildman–Crippen LogP) is 0.262. The van der Waals surface area contributed by atoms with Gasteiger partial charge < -0.3 is 5.11 Å². The fourth-order valence-electron chi connectivity index (χ4n) is 1.96. The number of rotatable bonds is 5. The van der Waals surface area contributed by atoms with Crippen molar-refractivity contribution in [3.8, 4) is 6.07 Å². The van der Waals surface area contributed by atoms with Gasteiger partial charge in [-0.05, 0) is 20.3 Å². The lowest BCUT2D eigenvalue weighted by atomic mass is 9.90. The van der Waals surface area contributed by atoms with Crippen LogP contribution >= 0.6 is 0 Å². The molecule has 0 spiro atoms. The summed E-state index contributed by atoms with van der Waals surface area (Å²) in [5.41, 5.74) is -1.04. The van der Waals surface area contributed by atoms with E-state index in [0.29, 0.717) is 6.42 Å². The van der Waals surface area contributed by atoms with Crippen LogP contribution in [0.15, 0.2) is 0 Å². The van der Waals surface area contributed by atoms with Crippen LogP contribution in [0.2, 0.25) is 0 Å². The Balaban J connectivity index is 2.87. The average molecular weight is 289 g/mol. The molecule has 0 aromatic rings. The molecular weight excluding hydrogens is 270 g/mol. The quantitative estimate of drug-likeness (QED) is 0.782. The summed E-state index contributed by atoms with van der Waals surface area (Å²) in [6.07, 6.45) is 0.391.